The number of anilines is 1. The first kappa shape index (κ1) is 19.4. The minimum Gasteiger partial charge on any atom is -0.353 e. The number of hydrogen-bond donors (Lipinski definition) is 0. The summed E-state index contributed by atoms with van der Waals surface area (Å²) in [6.07, 6.45) is 6.96. The van der Waals surface area contributed by atoms with Gasteiger partial charge in [0.1, 0.15) is 5.82 Å². The summed E-state index contributed by atoms with van der Waals surface area (Å²) in [5.74, 6) is 1.50. The van der Waals surface area contributed by atoms with E-state index in [9.17, 15) is 9.59 Å². The number of nitrogens with zero attached hydrogens (tertiary/aromatic N) is 5. The summed E-state index contributed by atoms with van der Waals surface area (Å²) >= 11 is 0. The van der Waals surface area contributed by atoms with Crippen LogP contribution in [-0.4, -0.2) is 70.9 Å². The molecule has 0 N–H and O–H groups in total. The molecule has 2 amide bonds. The molecule has 2 aromatic rings. The van der Waals surface area contributed by atoms with Crippen molar-refractivity contribution in [2.24, 2.45) is 5.92 Å². The standard InChI is InChI=1S/C22H27N5O2/c1-17-5-8-26(9-6-17)21(28)18-14-19(16-23-15-18)22(29)27-12-10-25(11-13-27)20-4-2-3-7-24-20/h2-4,7,14-17H,5-6,8-13H2,1H3. The largest absolute Gasteiger partial charge is 0.353 e. The van der Waals surface area contributed by atoms with E-state index >= 15 is 0 Å². The zero-order valence-corrected chi connectivity index (χ0v) is 16.8. The van der Waals surface area contributed by atoms with Crippen molar-refractivity contribution >= 4 is 17.6 Å². The summed E-state index contributed by atoms with van der Waals surface area (Å²) in [5, 5.41) is 0. The molecule has 4 heterocycles. The third-order valence-corrected chi connectivity index (χ3v) is 5.84. The van der Waals surface area contributed by atoms with Crippen LogP contribution in [0.1, 0.15) is 40.5 Å². The second-order valence-corrected chi connectivity index (χ2v) is 7.90. The quantitative estimate of drug-likeness (QED) is 0.800. The van der Waals surface area contributed by atoms with Crippen molar-refractivity contribution in [1.29, 1.82) is 0 Å². The number of rotatable bonds is 3. The fourth-order valence-electron chi connectivity index (χ4n) is 3.93. The average Bonchev–Trinajstić information content (AvgIpc) is 2.79. The summed E-state index contributed by atoms with van der Waals surface area (Å²) in [7, 11) is 0. The highest BCUT2D eigenvalue weighted by atomic mass is 16.2. The fourth-order valence-corrected chi connectivity index (χ4v) is 3.93. The molecule has 152 valence electrons. The van der Waals surface area contributed by atoms with Crippen molar-refractivity contribution in [3.8, 4) is 0 Å². The first-order chi connectivity index (χ1) is 14.1. The van der Waals surface area contributed by atoms with Crippen LogP contribution in [0.3, 0.4) is 0 Å². The minimum absolute atomic E-state index is 0.0287. The maximum absolute atomic E-state index is 13.0. The number of piperidine rings is 1. The Kier molecular flexibility index (Phi) is 5.74. The maximum Gasteiger partial charge on any atom is 0.255 e. The van der Waals surface area contributed by atoms with Gasteiger partial charge in [-0.1, -0.05) is 13.0 Å². The molecule has 0 bridgehead atoms. The van der Waals surface area contributed by atoms with Crippen molar-refractivity contribution in [1.82, 2.24) is 19.8 Å². The topological polar surface area (TPSA) is 69.6 Å². The Morgan fingerprint density at radius 2 is 1.52 bits per heavy atom. The van der Waals surface area contributed by atoms with Crippen LogP contribution >= 0.6 is 0 Å². The Hall–Kier alpha value is -2.96. The van der Waals surface area contributed by atoms with E-state index in [1.54, 1.807) is 24.7 Å². The molecule has 7 heteroatoms. The normalized spacial score (nSPS) is 18.0. The number of piperazine rings is 1. The van der Waals surface area contributed by atoms with E-state index in [1.807, 2.05) is 28.0 Å². The third-order valence-electron chi connectivity index (χ3n) is 5.84. The molecule has 2 aliphatic heterocycles. The number of amides is 2. The Labute approximate surface area is 171 Å². The van der Waals surface area contributed by atoms with Gasteiger partial charge in [0.15, 0.2) is 0 Å². The first-order valence-electron chi connectivity index (χ1n) is 10.3. The number of carbonyl (C=O) groups excluding carboxylic acids is 2. The molecule has 0 atom stereocenters. The van der Waals surface area contributed by atoms with Gasteiger partial charge in [-0.15, -0.1) is 0 Å². The monoisotopic (exact) mass is 393 g/mol. The van der Waals surface area contributed by atoms with Crippen LogP contribution in [0.5, 0.6) is 0 Å². The molecular weight excluding hydrogens is 366 g/mol. The number of carbonyl (C=O) groups is 2. The molecule has 0 unspecified atom stereocenters. The molecule has 7 nitrogen and oxygen atoms in total. The van der Waals surface area contributed by atoms with Crippen molar-refractivity contribution in [2.45, 2.75) is 19.8 Å². The fraction of sp³-hybridized carbons (Fsp3) is 0.455. The molecule has 0 aliphatic carbocycles. The van der Waals surface area contributed by atoms with Crippen LogP contribution in [-0.2, 0) is 0 Å². The van der Waals surface area contributed by atoms with Gasteiger partial charge >= 0.3 is 0 Å². The SMILES string of the molecule is CC1CCN(C(=O)c2cncc(C(=O)N3CCN(c4ccccn4)CC3)c2)CC1. The van der Waals surface area contributed by atoms with Crippen LogP contribution in [0.15, 0.2) is 42.9 Å². The summed E-state index contributed by atoms with van der Waals surface area (Å²) < 4.78 is 0. The molecule has 0 aromatic carbocycles. The lowest BCUT2D eigenvalue weighted by Gasteiger charge is -2.35. The van der Waals surface area contributed by atoms with Crippen LogP contribution in [0.25, 0.3) is 0 Å². The van der Waals surface area contributed by atoms with E-state index in [1.165, 1.54) is 0 Å². The van der Waals surface area contributed by atoms with Gasteiger partial charge in [0.25, 0.3) is 11.8 Å². The zero-order valence-electron chi connectivity index (χ0n) is 16.8. The van der Waals surface area contributed by atoms with E-state index in [0.29, 0.717) is 30.1 Å². The Morgan fingerprint density at radius 3 is 2.10 bits per heavy atom. The smallest absolute Gasteiger partial charge is 0.255 e. The first-order valence-corrected chi connectivity index (χ1v) is 10.3. The predicted octanol–water partition coefficient (Wildman–Crippen LogP) is 2.31. The molecule has 2 aromatic heterocycles. The number of hydrogen-bond acceptors (Lipinski definition) is 5. The molecule has 0 radical (unpaired) electrons. The van der Waals surface area contributed by atoms with Crippen LogP contribution in [0.4, 0.5) is 5.82 Å². The van der Waals surface area contributed by atoms with Crippen LogP contribution < -0.4 is 4.90 Å². The highest BCUT2D eigenvalue weighted by Crippen LogP contribution is 2.19. The van der Waals surface area contributed by atoms with Gasteiger partial charge in [0.2, 0.25) is 0 Å². The van der Waals surface area contributed by atoms with Gasteiger partial charge in [0.05, 0.1) is 11.1 Å². The second-order valence-electron chi connectivity index (χ2n) is 7.90. The van der Waals surface area contributed by atoms with Crippen molar-refractivity contribution in [3.05, 3.63) is 54.0 Å². The lowest BCUT2D eigenvalue weighted by molar-refractivity contribution is 0.0696. The lowest BCUT2D eigenvalue weighted by atomic mass is 9.98. The van der Waals surface area contributed by atoms with Crippen LogP contribution in [0.2, 0.25) is 0 Å². The Morgan fingerprint density at radius 1 is 0.897 bits per heavy atom. The summed E-state index contributed by atoms with van der Waals surface area (Å²) in [6, 6.07) is 7.55. The molecule has 4 rings (SSSR count). The molecule has 2 fully saturated rings. The van der Waals surface area contributed by atoms with E-state index in [4.69, 9.17) is 0 Å². The second kappa shape index (κ2) is 8.59. The third kappa shape index (κ3) is 4.39. The van der Waals surface area contributed by atoms with E-state index < -0.39 is 0 Å². The van der Waals surface area contributed by atoms with Gasteiger partial charge in [0, 0.05) is 57.9 Å². The van der Waals surface area contributed by atoms with Crippen LogP contribution in [0, 0.1) is 5.92 Å². The minimum atomic E-state index is -0.0694. The molecule has 0 spiro atoms. The molecule has 2 saturated heterocycles. The van der Waals surface area contributed by atoms with Crippen molar-refractivity contribution in [2.75, 3.05) is 44.2 Å². The molecule has 0 saturated carbocycles. The summed E-state index contributed by atoms with van der Waals surface area (Å²) in [6.45, 7) is 6.48. The van der Waals surface area contributed by atoms with E-state index in [-0.39, 0.29) is 11.8 Å². The summed E-state index contributed by atoms with van der Waals surface area (Å²) in [5.41, 5.74) is 0.977. The highest BCUT2D eigenvalue weighted by molar-refractivity contribution is 5.99. The Bertz CT molecular complexity index is 857. The number of aromatic nitrogens is 2. The van der Waals surface area contributed by atoms with Crippen molar-refractivity contribution in [3.63, 3.8) is 0 Å². The predicted molar refractivity (Wildman–Crippen MR) is 111 cm³/mol. The average molecular weight is 393 g/mol. The van der Waals surface area contributed by atoms with Gasteiger partial charge < -0.3 is 14.7 Å². The number of likely N-dealkylation sites (tertiary alicyclic amines) is 1. The zero-order chi connectivity index (χ0) is 20.2. The highest BCUT2D eigenvalue weighted by Gasteiger charge is 2.25. The number of pyridine rings is 2. The molecule has 2 aliphatic rings. The van der Waals surface area contributed by atoms with Crippen molar-refractivity contribution < 1.29 is 9.59 Å². The molecular formula is C22H27N5O2. The Balaban J connectivity index is 1.39. The van der Waals surface area contributed by atoms with Gasteiger partial charge in [-0.25, -0.2) is 4.98 Å². The molecule has 29 heavy (non-hydrogen) atoms. The van der Waals surface area contributed by atoms with Gasteiger partial charge in [-0.3, -0.25) is 14.6 Å². The van der Waals surface area contributed by atoms with Gasteiger partial charge in [-0.05, 0) is 37.0 Å². The lowest BCUT2D eigenvalue weighted by Crippen LogP contribution is -2.49. The van der Waals surface area contributed by atoms with E-state index in [0.717, 1.165) is 44.8 Å². The van der Waals surface area contributed by atoms with Gasteiger partial charge in [-0.2, -0.15) is 0 Å². The summed E-state index contributed by atoms with van der Waals surface area (Å²) in [4.78, 5) is 40.2. The maximum atomic E-state index is 13.0. The van der Waals surface area contributed by atoms with E-state index in [2.05, 4.69) is 21.8 Å².